The van der Waals surface area contributed by atoms with Gasteiger partial charge in [-0.2, -0.15) is 0 Å². The lowest BCUT2D eigenvalue weighted by molar-refractivity contribution is 1.02. The Hall–Kier alpha value is -1.59. The maximum atomic E-state index is 6.19. The summed E-state index contributed by atoms with van der Waals surface area (Å²) in [4.78, 5) is 11.3. The van der Waals surface area contributed by atoms with E-state index in [0.29, 0.717) is 0 Å². The van der Waals surface area contributed by atoms with Crippen molar-refractivity contribution >= 4 is 39.0 Å². The van der Waals surface area contributed by atoms with Crippen molar-refractivity contribution in [3.05, 3.63) is 35.2 Å². The van der Waals surface area contributed by atoms with Crippen molar-refractivity contribution in [3.8, 4) is 11.3 Å². The molecule has 0 aliphatic carbocycles. The Kier molecular flexibility index (Phi) is 3.16. The average Bonchev–Trinajstić information content (AvgIpc) is 2.74. The smallest absolute Gasteiger partial charge is 0.189 e. The molecule has 0 spiro atoms. The highest BCUT2D eigenvalue weighted by molar-refractivity contribution is 7.98. The van der Waals surface area contributed by atoms with Gasteiger partial charge in [0.05, 0.1) is 16.8 Å². The van der Waals surface area contributed by atoms with E-state index in [0.717, 1.165) is 37.2 Å². The molecule has 0 saturated heterocycles. The molecule has 2 N–H and O–H groups in total. The van der Waals surface area contributed by atoms with Gasteiger partial charge in [0, 0.05) is 10.4 Å². The Labute approximate surface area is 119 Å². The lowest BCUT2D eigenvalue weighted by atomic mass is 10.1. The van der Waals surface area contributed by atoms with Crippen molar-refractivity contribution in [1.82, 2.24) is 9.97 Å². The second-order valence-electron chi connectivity index (χ2n) is 4.18. The number of hydrogen-bond acceptors (Lipinski definition) is 5. The van der Waals surface area contributed by atoms with Gasteiger partial charge < -0.3 is 5.73 Å². The second-order valence-corrected chi connectivity index (χ2v) is 6.15. The van der Waals surface area contributed by atoms with Crippen LogP contribution in [0.4, 0.5) is 5.69 Å². The fourth-order valence-corrected chi connectivity index (χ4v) is 3.38. The first-order valence-corrected chi connectivity index (χ1v) is 7.91. The van der Waals surface area contributed by atoms with Crippen LogP contribution in [0.25, 0.3) is 21.5 Å². The molecule has 19 heavy (non-hydrogen) atoms. The molecule has 1 aromatic carbocycles. The molecule has 0 aliphatic heterocycles. The molecule has 96 valence electrons. The minimum atomic E-state index is 0.785. The Morgan fingerprint density at radius 2 is 1.89 bits per heavy atom. The first kappa shape index (κ1) is 12.4. The lowest BCUT2D eigenvalue weighted by Crippen LogP contribution is -1.93. The van der Waals surface area contributed by atoms with Crippen molar-refractivity contribution in [2.45, 2.75) is 12.1 Å². The van der Waals surface area contributed by atoms with E-state index in [1.807, 2.05) is 31.4 Å². The molecule has 0 fully saturated rings. The third-order valence-electron chi connectivity index (χ3n) is 2.98. The number of aryl methyl sites for hydroxylation is 1. The Morgan fingerprint density at radius 3 is 2.58 bits per heavy atom. The first-order chi connectivity index (χ1) is 9.20. The summed E-state index contributed by atoms with van der Waals surface area (Å²) in [5.41, 5.74) is 9.00. The van der Waals surface area contributed by atoms with Crippen LogP contribution in [0.3, 0.4) is 0 Å². The van der Waals surface area contributed by atoms with Gasteiger partial charge in [-0.25, -0.2) is 9.97 Å². The van der Waals surface area contributed by atoms with E-state index in [9.17, 15) is 0 Å². The SMILES string of the molecule is CSc1nc(-c2ccccc2)c2c(N)c(C)sc2n1. The molecule has 0 unspecified atom stereocenters. The van der Waals surface area contributed by atoms with Gasteiger partial charge in [-0.15, -0.1) is 11.3 Å². The molecule has 3 rings (SSSR count). The minimum Gasteiger partial charge on any atom is -0.397 e. The van der Waals surface area contributed by atoms with Crippen LogP contribution in [0, 0.1) is 6.92 Å². The van der Waals surface area contributed by atoms with E-state index in [-0.39, 0.29) is 0 Å². The first-order valence-electron chi connectivity index (χ1n) is 5.86. The summed E-state index contributed by atoms with van der Waals surface area (Å²) in [6.07, 6.45) is 1.99. The molecule has 3 aromatic rings. The number of nitrogens with two attached hydrogens (primary N) is 1. The van der Waals surface area contributed by atoms with Crippen molar-refractivity contribution in [3.63, 3.8) is 0 Å². The van der Waals surface area contributed by atoms with Crippen molar-refractivity contribution in [1.29, 1.82) is 0 Å². The maximum absolute atomic E-state index is 6.19. The number of thioether (sulfide) groups is 1. The zero-order chi connectivity index (χ0) is 13.4. The Bertz CT molecular complexity index is 735. The van der Waals surface area contributed by atoms with Crippen LogP contribution < -0.4 is 5.73 Å². The molecule has 0 saturated carbocycles. The Balaban J connectivity index is 2.38. The van der Waals surface area contributed by atoms with Crippen LogP contribution in [-0.2, 0) is 0 Å². The van der Waals surface area contributed by atoms with Crippen LogP contribution in [-0.4, -0.2) is 16.2 Å². The van der Waals surface area contributed by atoms with E-state index in [1.165, 1.54) is 0 Å². The topological polar surface area (TPSA) is 51.8 Å². The summed E-state index contributed by atoms with van der Waals surface area (Å²) in [7, 11) is 0. The number of nitrogen functional groups attached to an aromatic ring is 1. The summed E-state index contributed by atoms with van der Waals surface area (Å²) in [5, 5.41) is 1.76. The van der Waals surface area contributed by atoms with Gasteiger partial charge in [0.1, 0.15) is 4.83 Å². The van der Waals surface area contributed by atoms with Crippen molar-refractivity contribution < 1.29 is 0 Å². The fourth-order valence-electron chi connectivity index (χ4n) is 2.01. The number of hydrogen-bond donors (Lipinski definition) is 1. The number of thiophene rings is 1. The number of rotatable bonds is 2. The number of anilines is 1. The summed E-state index contributed by atoms with van der Waals surface area (Å²) in [6.45, 7) is 2.02. The van der Waals surface area contributed by atoms with Gasteiger partial charge in [-0.1, -0.05) is 42.1 Å². The molecule has 0 radical (unpaired) electrons. The van der Waals surface area contributed by atoms with E-state index < -0.39 is 0 Å². The normalized spacial score (nSPS) is 11.1. The predicted octanol–water partition coefficient (Wildman–Crippen LogP) is 3.97. The highest BCUT2D eigenvalue weighted by Crippen LogP contribution is 2.38. The minimum absolute atomic E-state index is 0.785. The standard InChI is InChI=1S/C14H13N3S2/c1-8-11(15)10-12(9-6-4-3-5-7-9)16-14(18-2)17-13(10)19-8/h3-7H,15H2,1-2H3. The molecule has 2 heterocycles. The number of benzene rings is 1. The van der Waals surface area contributed by atoms with Gasteiger partial charge in [-0.3, -0.25) is 0 Å². The van der Waals surface area contributed by atoms with E-state index in [1.54, 1.807) is 23.1 Å². The molecule has 3 nitrogen and oxygen atoms in total. The highest BCUT2D eigenvalue weighted by Gasteiger charge is 2.16. The van der Waals surface area contributed by atoms with E-state index >= 15 is 0 Å². The van der Waals surface area contributed by atoms with Gasteiger partial charge in [-0.05, 0) is 13.2 Å². The van der Waals surface area contributed by atoms with Crippen LogP contribution in [0.1, 0.15) is 4.88 Å². The monoisotopic (exact) mass is 287 g/mol. The lowest BCUT2D eigenvalue weighted by Gasteiger charge is -2.05. The third-order valence-corrected chi connectivity index (χ3v) is 4.55. The van der Waals surface area contributed by atoms with Gasteiger partial charge in [0.25, 0.3) is 0 Å². The molecule has 0 aliphatic rings. The number of nitrogens with zero attached hydrogens (tertiary/aromatic N) is 2. The second kappa shape index (κ2) is 4.83. The third kappa shape index (κ3) is 2.09. The van der Waals surface area contributed by atoms with Crippen LogP contribution in [0.2, 0.25) is 0 Å². The summed E-state index contributed by atoms with van der Waals surface area (Å²) in [6, 6.07) is 10.1. The van der Waals surface area contributed by atoms with E-state index in [2.05, 4.69) is 22.1 Å². The molecule has 0 atom stereocenters. The molecule has 2 aromatic heterocycles. The largest absolute Gasteiger partial charge is 0.397 e. The van der Waals surface area contributed by atoms with Gasteiger partial charge in [0.2, 0.25) is 0 Å². The number of aromatic nitrogens is 2. The van der Waals surface area contributed by atoms with Crippen molar-refractivity contribution in [2.75, 3.05) is 12.0 Å². The summed E-state index contributed by atoms with van der Waals surface area (Å²) in [5.74, 6) is 0. The van der Waals surface area contributed by atoms with Crippen LogP contribution >= 0.6 is 23.1 Å². The predicted molar refractivity (Wildman–Crippen MR) is 83.8 cm³/mol. The number of fused-ring (bicyclic) bond motifs is 1. The Morgan fingerprint density at radius 1 is 1.16 bits per heavy atom. The molecular formula is C14H13N3S2. The quantitative estimate of drug-likeness (QED) is 0.572. The zero-order valence-electron chi connectivity index (χ0n) is 10.7. The molecular weight excluding hydrogens is 274 g/mol. The summed E-state index contributed by atoms with van der Waals surface area (Å²) >= 11 is 3.18. The van der Waals surface area contributed by atoms with Gasteiger partial charge in [0.15, 0.2) is 5.16 Å². The molecule has 5 heteroatoms. The summed E-state index contributed by atoms with van der Waals surface area (Å²) < 4.78 is 0. The van der Waals surface area contributed by atoms with E-state index in [4.69, 9.17) is 5.73 Å². The van der Waals surface area contributed by atoms with Crippen molar-refractivity contribution in [2.24, 2.45) is 0 Å². The zero-order valence-corrected chi connectivity index (χ0v) is 12.3. The average molecular weight is 287 g/mol. The van der Waals surface area contributed by atoms with Crippen LogP contribution in [0.15, 0.2) is 35.5 Å². The van der Waals surface area contributed by atoms with Crippen LogP contribution in [0.5, 0.6) is 0 Å². The fraction of sp³-hybridized carbons (Fsp3) is 0.143. The van der Waals surface area contributed by atoms with Gasteiger partial charge >= 0.3 is 0 Å². The highest BCUT2D eigenvalue weighted by atomic mass is 32.2. The molecule has 0 amide bonds. The maximum Gasteiger partial charge on any atom is 0.189 e. The molecule has 0 bridgehead atoms.